The summed E-state index contributed by atoms with van der Waals surface area (Å²) < 4.78 is 11.0. The third-order valence-electron chi connectivity index (χ3n) is 5.57. The lowest BCUT2D eigenvalue weighted by Gasteiger charge is -2.12. The van der Waals surface area contributed by atoms with Gasteiger partial charge in [-0.25, -0.2) is 0 Å². The second kappa shape index (κ2) is 14.3. The van der Waals surface area contributed by atoms with E-state index >= 15 is 0 Å². The molecule has 0 saturated carbocycles. The van der Waals surface area contributed by atoms with Crippen molar-refractivity contribution in [1.29, 1.82) is 0 Å². The molecule has 4 amide bonds. The summed E-state index contributed by atoms with van der Waals surface area (Å²) in [6.45, 7) is 7.25. The lowest BCUT2D eigenvalue weighted by atomic mass is 10.1. The van der Waals surface area contributed by atoms with Gasteiger partial charge in [0.1, 0.15) is 11.5 Å². The first-order chi connectivity index (χ1) is 17.2. The molecule has 0 unspecified atom stereocenters. The molecule has 0 bridgehead atoms. The maximum atomic E-state index is 11.9. The van der Waals surface area contributed by atoms with Crippen LogP contribution in [0.1, 0.15) is 47.9 Å². The lowest BCUT2D eigenvalue weighted by molar-refractivity contribution is -0.130. The standard InChI is InChI=1S/C26H34N4O6/c1-17-9-7-11-21(19(17)3)35-15-25(33)29-27-23(31)13-5-6-14-24(32)28-30-26(34)16-36-22-12-8-10-18(2)20(22)4/h7-12H,5-6,13-16H2,1-4H3,(H,27,31)(H,28,32)(H,29,33)(H,30,34). The van der Waals surface area contributed by atoms with Crippen LogP contribution in [0.4, 0.5) is 0 Å². The lowest BCUT2D eigenvalue weighted by Crippen LogP contribution is -2.44. The van der Waals surface area contributed by atoms with Crippen LogP contribution in [0.2, 0.25) is 0 Å². The van der Waals surface area contributed by atoms with Crippen LogP contribution in [-0.4, -0.2) is 36.8 Å². The monoisotopic (exact) mass is 498 g/mol. The molecule has 36 heavy (non-hydrogen) atoms. The molecular formula is C26H34N4O6. The molecule has 0 aliphatic heterocycles. The van der Waals surface area contributed by atoms with Crippen molar-refractivity contribution in [3.8, 4) is 11.5 Å². The van der Waals surface area contributed by atoms with E-state index in [1.165, 1.54) is 0 Å². The fraction of sp³-hybridized carbons (Fsp3) is 0.385. The van der Waals surface area contributed by atoms with Gasteiger partial charge in [0.25, 0.3) is 11.8 Å². The van der Waals surface area contributed by atoms with Crippen LogP contribution in [-0.2, 0) is 19.2 Å². The Morgan fingerprint density at radius 2 is 0.944 bits per heavy atom. The van der Waals surface area contributed by atoms with Gasteiger partial charge in [-0.05, 0) is 74.9 Å². The number of hydrogen-bond acceptors (Lipinski definition) is 6. The first kappa shape index (κ1) is 28.2. The van der Waals surface area contributed by atoms with Gasteiger partial charge in [-0.3, -0.25) is 40.9 Å². The number of nitrogens with one attached hydrogen (secondary N) is 4. The predicted octanol–water partition coefficient (Wildman–Crippen LogP) is 2.23. The van der Waals surface area contributed by atoms with Gasteiger partial charge in [0, 0.05) is 12.8 Å². The highest BCUT2D eigenvalue weighted by molar-refractivity contribution is 5.83. The first-order valence-corrected chi connectivity index (χ1v) is 11.7. The van der Waals surface area contributed by atoms with Crippen LogP contribution < -0.4 is 31.2 Å². The van der Waals surface area contributed by atoms with Crippen molar-refractivity contribution in [2.45, 2.75) is 53.4 Å². The van der Waals surface area contributed by atoms with Crippen molar-refractivity contribution >= 4 is 23.6 Å². The van der Waals surface area contributed by atoms with Gasteiger partial charge in [-0.1, -0.05) is 24.3 Å². The molecule has 0 aliphatic carbocycles. The summed E-state index contributed by atoms with van der Waals surface area (Å²) in [5, 5.41) is 0. The second-order valence-electron chi connectivity index (χ2n) is 8.37. The maximum absolute atomic E-state index is 11.9. The van der Waals surface area contributed by atoms with Gasteiger partial charge >= 0.3 is 0 Å². The zero-order valence-electron chi connectivity index (χ0n) is 21.2. The van der Waals surface area contributed by atoms with E-state index in [9.17, 15) is 19.2 Å². The van der Waals surface area contributed by atoms with Gasteiger partial charge in [0.05, 0.1) is 0 Å². The van der Waals surface area contributed by atoms with E-state index in [1.807, 2.05) is 52.0 Å². The summed E-state index contributed by atoms with van der Waals surface area (Å²) in [6.07, 6.45) is 1.11. The molecule has 0 spiro atoms. The van der Waals surface area contributed by atoms with Crippen LogP contribution >= 0.6 is 0 Å². The summed E-state index contributed by atoms with van der Waals surface area (Å²) in [7, 11) is 0. The minimum atomic E-state index is -0.485. The molecule has 0 aliphatic rings. The number of ether oxygens (including phenoxy) is 2. The summed E-state index contributed by atoms with van der Waals surface area (Å²) in [4.78, 5) is 47.5. The zero-order chi connectivity index (χ0) is 26.5. The molecule has 2 aromatic carbocycles. The van der Waals surface area contributed by atoms with E-state index in [-0.39, 0.29) is 37.9 Å². The van der Waals surface area contributed by atoms with E-state index in [0.29, 0.717) is 24.3 Å². The molecule has 2 rings (SSSR count). The highest BCUT2D eigenvalue weighted by atomic mass is 16.5. The molecule has 194 valence electrons. The molecular weight excluding hydrogens is 464 g/mol. The van der Waals surface area contributed by atoms with Gasteiger partial charge < -0.3 is 9.47 Å². The van der Waals surface area contributed by atoms with Gasteiger partial charge in [0.2, 0.25) is 11.8 Å². The third kappa shape index (κ3) is 9.65. The molecule has 0 aromatic heterocycles. The summed E-state index contributed by atoms with van der Waals surface area (Å²) in [5.41, 5.74) is 13.2. The molecule has 10 nitrogen and oxygen atoms in total. The van der Waals surface area contributed by atoms with E-state index in [4.69, 9.17) is 9.47 Å². The number of carbonyl (C=O) groups excluding carboxylic acids is 4. The maximum Gasteiger partial charge on any atom is 0.276 e. The highest BCUT2D eigenvalue weighted by Gasteiger charge is 2.10. The third-order valence-corrected chi connectivity index (χ3v) is 5.57. The number of unbranched alkanes of at least 4 members (excludes halogenated alkanes) is 1. The Hall–Kier alpha value is -4.08. The zero-order valence-corrected chi connectivity index (χ0v) is 21.2. The summed E-state index contributed by atoms with van der Waals surface area (Å²) in [6, 6.07) is 11.1. The Kier molecular flexibility index (Phi) is 11.2. The Morgan fingerprint density at radius 1 is 0.583 bits per heavy atom. The normalized spacial score (nSPS) is 10.2. The van der Waals surface area contributed by atoms with Crippen molar-refractivity contribution in [3.63, 3.8) is 0 Å². The van der Waals surface area contributed by atoms with Crippen LogP contribution in [0.25, 0.3) is 0 Å². The predicted molar refractivity (Wildman–Crippen MR) is 134 cm³/mol. The number of hydrogen-bond donors (Lipinski definition) is 4. The van der Waals surface area contributed by atoms with E-state index in [1.54, 1.807) is 12.1 Å². The molecule has 0 saturated heterocycles. The van der Waals surface area contributed by atoms with Gasteiger partial charge in [0.15, 0.2) is 13.2 Å². The number of hydrazine groups is 2. The largest absolute Gasteiger partial charge is 0.483 e. The fourth-order valence-corrected chi connectivity index (χ4v) is 3.09. The second-order valence-corrected chi connectivity index (χ2v) is 8.37. The molecule has 0 fully saturated rings. The van der Waals surface area contributed by atoms with Crippen molar-refractivity contribution < 1.29 is 28.7 Å². The smallest absolute Gasteiger partial charge is 0.276 e. The molecule has 0 atom stereocenters. The van der Waals surface area contributed by atoms with E-state index in [0.717, 1.165) is 22.3 Å². The minimum absolute atomic E-state index is 0.126. The van der Waals surface area contributed by atoms with Crippen molar-refractivity contribution in [3.05, 3.63) is 58.7 Å². The summed E-state index contributed by atoms with van der Waals surface area (Å²) in [5.74, 6) is -0.513. The van der Waals surface area contributed by atoms with Crippen LogP contribution in [0, 0.1) is 27.7 Å². The van der Waals surface area contributed by atoms with Gasteiger partial charge in [-0.15, -0.1) is 0 Å². The molecule has 4 N–H and O–H groups in total. The topological polar surface area (TPSA) is 135 Å². The first-order valence-electron chi connectivity index (χ1n) is 11.7. The fourth-order valence-electron chi connectivity index (χ4n) is 3.09. The number of aryl methyl sites for hydroxylation is 2. The van der Waals surface area contributed by atoms with Crippen molar-refractivity contribution in [2.24, 2.45) is 0 Å². The van der Waals surface area contributed by atoms with Crippen LogP contribution in [0.3, 0.4) is 0 Å². The molecule has 0 radical (unpaired) electrons. The number of amides is 4. The number of rotatable bonds is 11. The highest BCUT2D eigenvalue weighted by Crippen LogP contribution is 2.21. The Labute approximate surface area is 211 Å². The average molecular weight is 499 g/mol. The van der Waals surface area contributed by atoms with E-state index in [2.05, 4.69) is 21.7 Å². The molecule has 10 heteroatoms. The van der Waals surface area contributed by atoms with Crippen molar-refractivity contribution in [1.82, 2.24) is 21.7 Å². The Balaban J connectivity index is 1.53. The van der Waals surface area contributed by atoms with Crippen LogP contribution in [0.5, 0.6) is 11.5 Å². The quantitative estimate of drug-likeness (QED) is 0.277. The van der Waals surface area contributed by atoms with Gasteiger partial charge in [-0.2, -0.15) is 0 Å². The number of benzene rings is 2. The van der Waals surface area contributed by atoms with Crippen LogP contribution in [0.15, 0.2) is 36.4 Å². The Bertz CT molecular complexity index is 1000. The number of carbonyl (C=O) groups is 4. The molecule has 2 aromatic rings. The molecule has 0 heterocycles. The van der Waals surface area contributed by atoms with E-state index < -0.39 is 11.8 Å². The minimum Gasteiger partial charge on any atom is -0.483 e. The Morgan fingerprint density at radius 3 is 1.33 bits per heavy atom. The summed E-state index contributed by atoms with van der Waals surface area (Å²) >= 11 is 0. The SMILES string of the molecule is Cc1cccc(OCC(=O)NNC(=O)CCCCC(=O)NNC(=O)COc2cccc(C)c2C)c1C. The van der Waals surface area contributed by atoms with Crippen molar-refractivity contribution in [2.75, 3.05) is 13.2 Å². The average Bonchev–Trinajstić information content (AvgIpc) is 2.85.